The Kier molecular flexibility index (Phi) is 7.08. The van der Waals surface area contributed by atoms with Gasteiger partial charge in [0, 0.05) is 19.6 Å². The molecule has 0 spiro atoms. The van der Waals surface area contributed by atoms with Crippen molar-refractivity contribution in [1.29, 1.82) is 0 Å². The fourth-order valence-corrected chi connectivity index (χ4v) is 0.636. The highest BCUT2D eigenvalue weighted by Crippen LogP contribution is 1.89. The molecule has 1 amide bonds. The smallest absolute Gasteiger partial charge is 0.217 e. The normalized spacial score (nSPS) is 9.91. The summed E-state index contributed by atoms with van der Waals surface area (Å²) < 4.78 is 5.14. The first-order valence-corrected chi connectivity index (χ1v) is 3.83. The lowest BCUT2D eigenvalue weighted by Crippen LogP contribution is -2.11. The fraction of sp³-hybridized carbons (Fsp3) is 0.857. The van der Waals surface area contributed by atoms with Crippen LogP contribution in [0.3, 0.4) is 0 Å². The van der Waals surface area contributed by atoms with Crippen LogP contribution in [0.4, 0.5) is 0 Å². The largest absolute Gasteiger partial charge is 0.381 e. The molecule has 0 aliphatic rings. The number of rotatable bonds is 7. The number of hydrogen-bond acceptors (Lipinski definition) is 3. The zero-order valence-corrected chi connectivity index (χ0v) is 6.71. The van der Waals surface area contributed by atoms with E-state index in [0.717, 1.165) is 6.42 Å². The van der Waals surface area contributed by atoms with E-state index in [0.29, 0.717) is 32.6 Å². The van der Waals surface area contributed by atoms with Gasteiger partial charge >= 0.3 is 0 Å². The van der Waals surface area contributed by atoms with Crippen molar-refractivity contribution in [2.75, 3.05) is 19.8 Å². The number of hydrogen-bond donors (Lipinski definition) is 2. The average Bonchev–Trinajstić information content (AvgIpc) is 1.96. The van der Waals surface area contributed by atoms with Gasteiger partial charge in [-0.3, -0.25) is 4.79 Å². The second-order valence-corrected chi connectivity index (χ2v) is 2.32. The Hall–Kier alpha value is -0.610. The van der Waals surface area contributed by atoms with Crippen LogP contribution in [0.25, 0.3) is 0 Å². The van der Waals surface area contributed by atoms with Crippen LogP contribution >= 0.6 is 0 Å². The third kappa shape index (κ3) is 9.39. The Morgan fingerprint density at radius 1 is 1.27 bits per heavy atom. The molecule has 4 nitrogen and oxygen atoms in total. The van der Waals surface area contributed by atoms with E-state index in [1.807, 2.05) is 0 Å². The Bertz CT molecular complexity index is 107. The van der Waals surface area contributed by atoms with Crippen molar-refractivity contribution in [2.45, 2.75) is 19.3 Å². The molecule has 0 radical (unpaired) electrons. The molecule has 0 aromatic heterocycles. The maximum absolute atomic E-state index is 10.2. The summed E-state index contributed by atoms with van der Waals surface area (Å²) in [5.41, 5.74) is 10.2. The van der Waals surface area contributed by atoms with Gasteiger partial charge in [-0.05, 0) is 19.4 Å². The number of carbonyl (C=O) groups is 1. The molecule has 4 N–H and O–H groups in total. The lowest BCUT2D eigenvalue weighted by Gasteiger charge is -2.00. The van der Waals surface area contributed by atoms with E-state index < -0.39 is 0 Å². The van der Waals surface area contributed by atoms with Crippen LogP contribution in [0.1, 0.15) is 19.3 Å². The van der Waals surface area contributed by atoms with Crippen molar-refractivity contribution >= 4 is 5.91 Å². The third-order valence-corrected chi connectivity index (χ3v) is 1.20. The molecule has 66 valence electrons. The summed E-state index contributed by atoms with van der Waals surface area (Å²) in [6.07, 6.45) is 1.99. The Morgan fingerprint density at radius 2 is 1.91 bits per heavy atom. The molecule has 0 atom stereocenters. The summed E-state index contributed by atoms with van der Waals surface area (Å²) in [4.78, 5) is 10.2. The van der Waals surface area contributed by atoms with Crippen LogP contribution in [-0.2, 0) is 9.53 Å². The molecule has 0 rings (SSSR count). The first-order chi connectivity index (χ1) is 5.27. The van der Waals surface area contributed by atoms with Gasteiger partial charge in [0.25, 0.3) is 0 Å². The summed E-state index contributed by atoms with van der Waals surface area (Å²) in [5.74, 6) is -0.271. The predicted octanol–water partition coefficient (Wildman–Crippen LogP) is -0.383. The molecule has 0 fully saturated rings. The van der Waals surface area contributed by atoms with Gasteiger partial charge in [-0.25, -0.2) is 0 Å². The average molecular weight is 160 g/mol. The minimum Gasteiger partial charge on any atom is -0.381 e. The van der Waals surface area contributed by atoms with Gasteiger partial charge in [0.2, 0.25) is 5.91 Å². The van der Waals surface area contributed by atoms with Crippen molar-refractivity contribution in [3.8, 4) is 0 Å². The molecule has 0 aliphatic carbocycles. The Labute approximate surface area is 66.9 Å². The van der Waals surface area contributed by atoms with Crippen LogP contribution < -0.4 is 11.5 Å². The highest BCUT2D eigenvalue weighted by Gasteiger charge is 1.93. The maximum atomic E-state index is 10.2. The molecular weight excluding hydrogens is 144 g/mol. The monoisotopic (exact) mass is 160 g/mol. The van der Waals surface area contributed by atoms with Crippen molar-refractivity contribution in [3.05, 3.63) is 0 Å². The van der Waals surface area contributed by atoms with E-state index in [-0.39, 0.29) is 5.91 Å². The minimum absolute atomic E-state index is 0.271. The summed E-state index contributed by atoms with van der Waals surface area (Å²) in [7, 11) is 0. The zero-order valence-electron chi connectivity index (χ0n) is 6.71. The molecule has 0 saturated carbocycles. The van der Waals surface area contributed by atoms with Crippen LogP contribution in [0.5, 0.6) is 0 Å². The fourth-order valence-electron chi connectivity index (χ4n) is 0.636. The van der Waals surface area contributed by atoms with E-state index >= 15 is 0 Å². The second-order valence-electron chi connectivity index (χ2n) is 2.32. The first-order valence-electron chi connectivity index (χ1n) is 3.83. The second kappa shape index (κ2) is 7.50. The van der Waals surface area contributed by atoms with Gasteiger partial charge in [0.05, 0.1) is 0 Å². The van der Waals surface area contributed by atoms with Crippen LogP contribution in [-0.4, -0.2) is 25.7 Å². The highest BCUT2D eigenvalue weighted by molar-refractivity contribution is 5.73. The zero-order chi connectivity index (χ0) is 8.53. The van der Waals surface area contributed by atoms with Gasteiger partial charge in [0.15, 0.2) is 0 Å². The molecule has 0 unspecified atom stereocenters. The Balaban J connectivity index is 2.85. The summed E-state index contributed by atoms with van der Waals surface area (Å²) in [6, 6.07) is 0. The number of amides is 1. The van der Waals surface area contributed by atoms with Crippen LogP contribution in [0.15, 0.2) is 0 Å². The Morgan fingerprint density at radius 3 is 2.45 bits per heavy atom. The molecule has 0 aromatic rings. The highest BCUT2D eigenvalue weighted by atomic mass is 16.5. The minimum atomic E-state index is -0.271. The lowest BCUT2D eigenvalue weighted by molar-refractivity contribution is -0.118. The van der Waals surface area contributed by atoms with Gasteiger partial charge < -0.3 is 16.2 Å². The molecule has 0 aliphatic heterocycles. The number of carbonyl (C=O) groups excluding carboxylic acids is 1. The summed E-state index contributed by atoms with van der Waals surface area (Å²) >= 11 is 0. The summed E-state index contributed by atoms with van der Waals surface area (Å²) in [6.45, 7) is 1.92. The van der Waals surface area contributed by atoms with Crippen LogP contribution in [0, 0.1) is 0 Å². The van der Waals surface area contributed by atoms with Gasteiger partial charge in [-0.2, -0.15) is 0 Å². The van der Waals surface area contributed by atoms with E-state index in [1.54, 1.807) is 0 Å². The molecule has 11 heavy (non-hydrogen) atoms. The van der Waals surface area contributed by atoms with Crippen molar-refractivity contribution < 1.29 is 9.53 Å². The standard InChI is InChI=1S/C7H16N2O2/c8-4-2-6-11-5-1-3-7(9)10/h1-6,8H2,(H2,9,10). The lowest BCUT2D eigenvalue weighted by atomic mass is 10.3. The molecule has 0 heterocycles. The van der Waals surface area contributed by atoms with Crippen LogP contribution in [0.2, 0.25) is 0 Å². The van der Waals surface area contributed by atoms with Crippen molar-refractivity contribution in [3.63, 3.8) is 0 Å². The summed E-state index contributed by atoms with van der Waals surface area (Å²) in [5, 5.41) is 0. The van der Waals surface area contributed by atoms with Crippen molar-refractivity contribution in [2.24, 2.45) is 11.5 Å². The number of nitrogens with two attached hydrogens (primary N) is 2. The number of primary amides is 1. The maximum Gasteiger partial charge on any atom is 0.217 e. The van der Waals surface area contributed by atoms with Crippen molar-refractivity contribution in [1.82, 2.24) is 0 Å². The van der Waals surface area contributed by atoms with Gasteiger partial charge in [0.1, 0.15) is 0 Å². The first kappa shape index (κ1) is 10.4. The number of ether oxygens (including phenoxy) is 1. The molecule has 0 saturated heterocycles. The van der Waals surface area contributed by atoms with Gasteiger partial charge in [-0.15, -0.1) is 0 Å². The van der Waals surface area contributed by atoms with E-state index in [9.17, 15) is 4.79 Å². The van der Waals surface area contributed by atoms with E-state index in [2.05, 4.69) is 0 Å². The molecule has 4 heteroatoms. The van der Waals surface area contributed by atoms with E-state index in [4.69, 9.17) is 16.2 Å². The topological polar surface area (TPSA) is 78.3 Å². The third-order valence-electron chi connectivity index (χ3n) is 1.20. The molecular formula is C7H16N2O2. The SMILES string of the molecule is NCCCOCCCC(N)=O. The predicted molar refractivity (Wildman–Crippen MR) is 42.9 cm³/mol. The quantitative estimate of drug-likeness (QED) is 0.498. The molecule has 0 aromatic carbocycles. The van der Waals surface area contributed by atoms with E-state index in [1.165, 1.54) is 0 Å². The molecule has 0 bridgehead atoms. The van der Waals surface area contributed by atoms with Gasteiger partial charge in [-0.1, -0.05) is 0 Å².